The molecule has 1 aliphatic rings. The van der Waals surface area contributed by atoms with Crippen molar-refractivity contribution in [3.05, 3.63) is 95.6 Å². The Morgan fingerprint density at radius 2 is 1.94 bits per heavy atom. The lowest BCUT2D eigenvalue weighted by atomic mass is 9.96. The van der Waals surface area contributed by atoms with Crippen molar-refractivity contribution < 1.29 is 14.3 Å². The number of methoxy groups -OCH3 is 2. The van der Waals surface area contributed by atoms with Crippen LogP contribution in [-0.2, 0) is 9.53 Å². The van der Waals surface area contributed by atoms with E-state index in [4.69, 9.17) is 21.1 Å². The number of rotatable bonds is 4. The van der Waals surface area contributed by atoms with Crippen LogP contribution < -0.4 is 19.6 Å². The molecule has 8 heteroatoms. The van der Waals surface area contributed by atoms with Gasteiger partial charge in [-0.15, -0.1) is 0 Å². The highest BCUT2D eigenvalue weighted by atomic mass is 35.5. The standard InChI is InChI=1S/C23H19ClN2O4S/c1-13-19(22(28)30-3)20(15-7-9-16(24)10-8-15)26-21(27)18(31-23(26)25-13)12-14-5-4-6-17(11-14)29-2/h4-12,20H,1-3H3/b18-12-/t20-/m1/s1. The van der Waals surface area contributed by atoms with Crippen LogP contribution in [0.25, 0.3) is 6.08 Å². The average molecular weight is 455 g/mol. The SMILES string of the molecule is COC(=O)C1=C(C)N=c2s/c(=C\c3cccc(OC)c3)c(=O)n2[C@@H]1c1ccc(Cl)cc1. The van der Waals surface area contributed by atoms with Crippen LogP contribution in [0, 0.1) is 0 Å². The molecule has 3 aromatic rings. The maximum absolute atomic E-state index is 13.4. The molecule has 1 atom stereocenters. The van der Waals surface area contributed by atoms with E-state index in [0.717, 1.165) is 11.1 Å². The number of carbonyl (C=O) groups excluding carboxylic acids is 1. The Morgan fingerprint density at radius 1 is 1.19 bits per heavy atom. The number of hydrogen-bond donors (Lipinski definition) is 0. The monoisotopic (exact) mass is 454 g/mol. The van der Waals surface area contributed by atoms with Gasteiger partial charge in [-0.2, -0.15) is 0 Å². The van der Waals surface area contributed by atoms with Crippen molar-refractivity contribution >= 4 is 35.0 Å². The fourth-order valence-corrected chi connectivity index (χ4v) is 4.71. The predicted molar refractivity (Wildman–Crippen MR) is 120 cm³/mol. The van der Waals surface area contributed by atoms with Crippen molar-refractivity contribution in [2.75, 3.05) is 14.2 Å². The fourth-order valence-electron chi connectivity index (χ4n) is 3.54. The minimum Gasteiger partial charge on any atom is -0.497 e. The lowest BCUT2D eigenvalue weighted by Crippen LogP contribution is -2.39. The van der Waals surface area contributed by atoms with Crippen molar-refractivity contribution in [2.24, 2.45) is 4.99 Å². The van der Waals surface area contributed by atoms with Gasteiger partial charge in [-0.05, 0) is 48.4 Å². The van der Waals surface area contributed by atoms with E-state index in [1.54, 1.807) is 48.9 Å². The van der Waals surface area contributed by atoms with Gasteiger partial charge >= 0.3 is 5.97 Å². The number of esters is 1. The van der Waals surface area contributed by atoms with E-state index < -0.39 is 12.0 Å². The molecule has 0 spiro atoms. The molecule has 4 rings (SSSR count). The molecule has 0 unspecified atom stereocenters. The molecule has 0 saturated carbocycles. The number of nitrogens with zero attached hydrogens (tertiary/aromatic N) is 2. The molecule has 0 radical (unpaired) electrons. The number of benzene rings is 2. The van der Waals surface area contributed by atoms with Gasteiger partial charge in [0.1, 0.15) is 5.75 Å². The summed E-state index contributed by atoms with van der Waals surface area (Å²) in [4.78, 5) is 31.1. The van der Waals surface area contributed by atoms with Gasteiger partial charge in [0.2, 0.25) is 0 Å². The number of thiazole rings is 1. The van der Waals surface area contributed by atoms with E-state index in [-0.39, 0.29) is 5.56 Å². The first-order chi connectivity index (χ1) is 14.9. The van der Waals surface area contributed by atoms with Crippen molar-refractivity contribution in [3.8, 4) is 5.75 Å². The van der Waals surface area contributed by atoms with Crippen molar-refractivity contribution in [3.63, 3.8) is 0 Å². The normalized spacial score (nSPS) is 16.0. The Bertz CT molecular complexity index is 1370. The predicted octanol–water partition coefficient (Wildman–Crippen LogP) is 3.07. The van der Waals surface area contributed by atoms with E-state index in [0.29, 0.717) is 31.4 Å². The Kier molecular flexibility index (Phi) is 5.80. The largest absolute Gasteiger partial charge is 0.497 e. The summed E-state index contributed by atoms with van der Waals surface area (Å²) in [6.07, 6.45) is 1.79. The van der Waals surface area contributed by atoms with E-state index in [2.05, 4.69) is 4.99 Å². The topological polar surface area (TPSA) is 69.9 Å². The summed E-state index contributed by atoms with van der Waals surface area (Å²) in [6, 6.07) is 13.8. The van der Waals surface area contributed by atoms with E-state index >= 15 is 0 Å². The summed E-state index contributed by atoms with van der Waals surface area (Å²) >= 11 is 7.32. The summed E-state index contributed by atoms with van der Waals surface area (Å²) in [6.45, 7) is 1.74. The molecule has 1 aliphatic heterocycles. The first-order valence-corrected chi connectivity index (χ1v) is 10.6. The van der Waals surface area contributed by atoms with E-state index in [9.17, 15) is 9.59 Å². The van der Waals surface area contributed by atoms with Crippen LogP contribution in [0.15, 0.2) is 69.6 Å². The number of carbonyl (C=O) groups is 1. The molecule has 0 aliphatic carbocycles. The van der Waals surface area contributed by atoms with Crippen LogP contribution in [0.5, 0.6) is 5.75 Å². The smallest absolute Gasteiger partial charge is 0.338 e. The number of ether oxygens (including phenoxy) is 2. The highest BCUT2D eigenvalue weighted by molar-refractivity contribution is 7.07. The molecule has 158 valence electrons. The Morgan fingerprint density at radius 3 is 2.61 bits per heavy atom. The van der Waals surface area contributed by atoms with Crippen molar-refractivity contribution in [2.45, 2.75) is 13.0 Å². The van der Waals surface area contributed by atoms with Crippen LogP contribution in [0.3, 0.4) is 0 Å². The summed E-state index contributed by atoms with van der Waals surface area (Å²) in [5.41, 5.74) is 2.18. The van der Waals surface area contributed by atoms with Gasteiger partial charge in [-0.3, -0.25) is 9.36 Å². The maximum atomic E-state index is 13.4. The lowest BCUT2D eigenvalue weighted by Gasteiger charge is -2.24. The van der Waals surface area contributed by atoms with Crippen LogP contribution in [-0.4, -0.2) is 24.8 Å². The molecule has 0 fully saturated rings. The molecule has 0 N–H and O–H groups in total. The number of aromatic nitrogens is 1. The quantitative estimate of drug-likeness (QED) is 0.568. The lowest BCUT2D eigenvalue weighted by molar-refractivity contribution is -0.136. The Balaban J connectivity index is 1.96. The molecule has 0 bridgehead atoms. The van der Waals surface area contributed by atoms with Gasteiger partial charge in [-0.25, -0.2) is 9.79 Å². The van der Waals surface area contributed by atoms with Crippen LogP contribution in [0.1, 0.15) is 24.1 Å². The maximum Gasteiger partial charge on any atom is 0.338 e. The number of allylic oxidation sites excluding steroid dienone is 1. The molecule has 0 amide bonds. The highest BCUT2D eigenvalue weighted by Gasteiger charge is 2.32. The Hall–Kier alpha value is -3.16. The van der Waals surface area contributed by atoms with Gasteiger partial charge in [0.05, 0.1) is 36.1 Å². The molecule has 31 heavy (non-hydrogen) atoms. The fraction of sp³-hybridized carbons (Fsp3) is 0.174. The van der Waals surface area contributed by atoms with Crippen molar-refractivity contribution in [1.82, 2.24) is 4.57 Å². The van der Waals surface area contributed by atoms with Gasteiger partial charge in [-0.1, -0.05) is 47.2 Å². The average Bonchev–Trinajstić information content (AvgIpc) is 3.07. The second-order valence-electron chi connectivity index (χ2n) is 6.90. The first kappa shape index (κ1) is 21.1. The molecule has 0 saturated heterocycles. The third kappa shape index (κ3) is 3.94. The second-order valence-corrected chi connectivity index (χ2v) is 8.35. The zero-order valence-electron chi connectivity index (χ0n) is 17.1. The minimum atomic E-state index is -0.659. The third-order valence-corrected chi connectivity index (χ3v) is 6.24. The van der Waals surface area contributed by atoms with Crippen LogP contribution in [0.4, 0.5) is 0 Å². The van der Waals surface area contributed by atoms with Crippen LogP contribution >= 0.6 is 22.9 Å². The molecule has 1 aromatic heterocycles. The zero-order valence-corrected chi connectivity index (χ0v) is 18.7. The highest BCUT2D eigenvalue weighted by Crippen LogP contribution is 2.31. The number of hydrogen-bond acceptors (Lipinski definition) is 6. The summed E-state index contributed by atoms with van der Waals surface area (Å²) in [5.74, 6) is 0.174. The van der Waals surface area contributed by atoms with Crippen molar-refractivity contribution in [1.29, 1.82) is 0 Å². The summed E-state index contributed by atoms with van der Waals surface area (Å²) in [5, 5.41) is 0.564. The summed E-state index contributed by atoms with van der Waals surface area (Å²) in [7, 11) is 2.91. The molecule has 2 heterocycles. The van der Waals surface area contributed by atoms with Crippen LogP contribution in [0.2, 0.25) is 5.02 Å². The summed E-state index contributed by atoms with van der Waals surface area (Å²) < 4.78 is 12.3. The number of halogens is 1. The van der Waals surface area contributed by atoms with Gasteiger partial charge in [0, 0.05) is 5.02 Å². The van der Waals surface area contributed by atoms with Gasteiger partial charge < -0.3 is 9.47 Å². The Labute approximate surface area is 187 Å². The van der Waals surface area contributed by atoms with Gasteiger partial charge in [0.25, 0.3) is 5.56 Å². The third-order valence-electron chi connectivity index (χ3n) is 5.00. The second kappa shape index (κ2) is 8.53. The van der Waals surface area contributed by atoms with E-state index in [1.807, 2.05) is 24.3 Å². The zero-order chi connectivity index (χ0) is 22.1. The first-order valence-electron chi connectivity index (χ1n) is 9.43. The van der Waals surface area contributed by atoms with E-state index in [1.165, 1.54) is 18.4 Å². The number of fused-ring (bicyclic) bond motifs is 1. The molecular weight excluding hydrogens is 436 g/mol. The van der Waals surface area contributed by atoms with Gasteiger partial charge in [0.15, 0.2) is 4.80 Å². The molecular formula is C23H19ClN2O4S. The molecule has 6 nitrogen and oxygen atoms in total. The minimum absolute atomic E-state index is 0.236. The molecule has 2 aromatic carbocycles.